The largest absolute Gasteiger partial charge is 0.305 e. The molecule has 1 radical (unpaired) electrons. The SMILES string of the molecule is CC(C)(C)c1ccnc(-c2[c-]ccc(-c3ccccc3)c2)c1.CC1(C)c2ccccc2-c2c[c-]c(-c3nccc4c3ccc3c5ccccc5ccc43)cc21.[Ir]. The zero-order valence-electron chi connectivity index (χ0n) is 32.3. The van der Waals surface area contributed by atoms with Crippen LogP contribution in [0.15, 0.2) is 164 Å². The summed E-state index contributed by atoms with van der Waals surface area (Å²) in [5, 5.41) is 7.52. The first-order chi connectivity index (χ1) is 26.7. The molecule has 10 rings (SSSR count). The van der Waals surface area contributed by atoms with Crippen LogP contribution in [-0.2, 0) is 30.9 Å². The zero-order chi connectivity index (χ0) is 37.7. The van der Waals surface area contributed by atoms with Gasteiger partial charge in [-0.3, -0.25) is 0 Å². The Labute approximate surface area is 343 Å². The van der Waals surface area contributed by atoms with Crippen LogP contribution in [-0.4, -0.2) is 9.97 Å². The van der Waals surface area contributed by atoms with Crippen molar-refractivity contribution in [3.8, 4) is 44.8 Å². The van der Waals surface area contributed by atoms with Crippen molar-refractivity contribution in [3.63, 3.8) is 0 Å². The molecule has 0 amide bonds. The van der Waals surface area contributed by atoms with E-state index in [1.807, 2.05) is 24.5 Å². The normalized spacial score (nSPS) is 12.7. The maximum Gasteiger partial charge on any atom is 0.0167 e. The standard InChI is InChI=1S/C32H22N.C21H20N.Ir/c1-32(2)29-10-6-5-9-26(29)27-14-12-21(19-30(27)32)31-28-16-15-23-22-8-4-3-7-20(22)11-13-24(23)25(28)17-18-33-31;1-21(2,3)19-12-13-22-20(15-19)18-11-7-10-17(14-18)16-8-5-4-6-9-16;/h3-11,13-19H,1-2H3;4-10,12-15H,1-3H3;/q2*-1;. The molecule has 0 atom stereocenters. The number of pyridine rings is 2. The van der Waals surface area contributed by atoms with Gasteiger partial charge in [-0.15, -0.1) is 64.7 Å². The number of rotatable bonds is 3. The van der Waals surface area contributed by atoms with Crippen LogP contribution in [0.1, 0.15) is 51.3 Å². The summed E-state index contributed by atoms with van der Waals surface area (Å²) in [6.07, 6.45) is 3.83. The molecule has 9 aromatic rings. The van der Waals surface area contributed by atoms with Crippen molar-refractivity contribution in [2.75, 3.05) is 0 Å². The predicted molar refractivity (Wildman–Crippen MR) is 231 cm³/mol. The molecular formula is C53H42IrN2-2. The van der Waals surface area contributed by atoms with Gasteiger partial charge >= 0.3 is 0 Å². The van der Waals surface area contributed by atoms with Gasteiger partial charge in [-0.25, -0.2) is 0 Å². The van der Waals surface area contributed by atoms with E-state index >= 15 is 0 Å². The minimum Gasteiger partial charge on any atom is -0.305 e. The summed E-state index contributed by atoms with van der Waals surface area (Å²) in [4.78, 5) is 9.36. The van der Waals surface area contributed by atoms with E-state index < -0.39 is 0 Å². The number of fused-ring (bicyclic) bond motifs is 8. The third kappa shape index (κ3) is 6.66. The van der Waals surface area contributed by atoms with Gasteiger partial charge in [0.05, 0.1) is 0 Å². The Morgan fingerprint density at radius 3 is 2.05 bits per heavy atom. The summed E-state index contributed by atoms with van der Waals surface area (Å²) in [6, 6.07) is 60.6. The number of nitrogens with zero attached hydrogens (tertiary/aromatic N) is 2. The van der Waals surface area contributed by atoms with Gasteiger partial charge < -0.3 is 9.97 Å². The molecule has 0 spiro atoms. The fraction of sp³-hybridized carbons (Fsp3) is 0.132. The van der Waals surface area contributed by atoms with Crippen LogP contribution in [0.4, 0.5) is 0 Å². The third-order valence-corrected chi connectivity index (χ3v) is 11.2. The van der Waals surface area contributed by atoms with Crippen molar-refractivity contribution in [1.29, 1.82) is 0 Å². The van der Waals surface area contributed by atoms with Gasteiger partial charge in [0, 0.05) is 32.5 Å². The fourth-order valence-electron chi connectivity index (χ4n) is 8.21. The van der Waals surface area contributed by atoms with Gasteiger partial charge in [0.2, 0.25) is 0 Å². The summed E-state index contributed by atoms with van der Waals surface area (Å²) < 4.78 is 0. The molecule has 2 aromatic heterocycles. The zero-order valence-corrected chi connectivity index (χ0v) is 34.7. The van der Waals surface area contributed by atoms with E-state index in [1.54, 1.807) is 0 Å². The molecular weight excluding hydrogens is 857 g/mol. The first-order valence-electron chi connectivity index (χ1n) is 19.1. The van der Waals surface area contributed by atoms with Gasteiger partial charge in [-0.2, -0.15) is 0 Å². The van der Waals surface area contributed by atoms with Crippen molar-refractivity contribution in [1.82, 2.24) is 9.97 Å². The Hall–Kier alpha value is -5.73. The number of aromatic nitrogens is 2. The van der Waals surface area contributed by atoms with Gasteiger partial charge in [0.1, 0.15) is 0 Å². The first-order valence-corrected chi connectivity index (χ1v) is 19.1. The van der Waals surface area contributed by atoms with Crippen molar-refractivity contribution in [2.45, 2.75) is 45.4 Å². The van der Waals surface area contributed by atoms with Crippen molar-refractivity contribution < 1.29 is 20.1 Å². The average Bonchev–Trinajstić information content (AvgIpc) is 3.46. The molecule has 275 valence electrons. The Kier molecular flexibility index (Phi) is 9.79. The molecule has 56 heavy (non-hydrogen) atoms. The van der Waals surface area contributed by atoms with E-state index in [-0.39, 0.29) is 30.9 Å². The Morgan fingerprint density at radius 1 is 0.518 bits per heavy atom. The maximum atomic E-state index is 4.84. The van der Waals surface area contributed by atoms with Crippen LogP contribution in [0.5, 0.6) is 0 Å². The van der Waals surface area contributed by atoms with Crippen LogP contribution in [0, 0.1) is 12.1 Å². The molecule has 0 N–H and O–H groups in total. The van der Waals surface area contributed by atoms with E-state index in [0.717, 1.165) is 22.5 Å². The molecule has 1 aliphatic carbocycles. The molecule has 0 unspecified atom stereocenters. The number of benzene rings is 7. The maximum absolute atomic E-state index is 4.84. The number of hydrogen-bond donors (Lipinski definition) is 0. The molecule has 0 saturated carbocycles. The van der Waals surface area contributed by atoms with Gasteiger partial charge in [-0.1, -0.05) is 155 Å². The summed E-state index contributed by atoms with van der Waals surface area (Å²) in [5.41, 5.74) is 13.2. The minimum absolute atomic E-state index is 0. The molecule has 0 aliphatic heterocycles. The van der Waals surface area contributed by atoms with Gasteiger partial charge in [0.15, 0.2) is 0 Å². The Morgan fingerprint density at radius 2 is 1.21 bits per heavy atom. The topological polar surface area (TPSA) is 25.8 Å². The van der Waals surface area contributed by atoms with E-state index in [0.29, 0.717) is 0 Å². The second-order valence-corrected chi connectivity index (χ2v) is 16.1. The van der Waals surface area contributed by atoms with Gasteiger partial charge in [0.25, 0.3) is 0 Å². The van der Waals surface area contributed by atoms with Gasteiger partial charge in [-0.05, 0) is 83.4 Å². The summed E-state index contributed by atoms with van der Waals surface area (Å²) >= 11 is 0. The molecule has 3 heteroatoms. The molecule has 0 bridgehead atoms. The average molecular weight is 899 g/mol. The molecule has 7 aromatic carbocycles. The minimum atomic E-state index is -0.0357. The van der Waals surface area contributed by atoms with Crippen LogP contribution in [0.2, 0.25) is 0 Å². The summed E-state index contributed by atoms with van der Waals surface area (Å²) in [7, 11) is 0. The second kappa shape index (κ2) is 14.7. The molecule has 0 fully saturated rings. The van der Waals surface area contributed by atoms with E-state index in [9.17, 15) is 0 Å². The summed E-state index contributed by atoms with van der Waals surface area (Å²) in [5.74, 6) is 0. The Balaban J connectivity index is 0.000000168. The number of hydrogen-bond acceptors (Lipinski definition) is 2. The van der Waals surface area contributed by atoms with E-state index in [4.69, 9.17) is 4.98 Å². The first kappa shape index (κ1) is 37.2. The molecule has 2 nitrogen and oxygen atoms in total. The monoisotopic (exact) mass is 899 g/mol. The van der Waals surface area contributed by atoms with Crippen molar-refractivity contribution in [2.24, 2.45) is 0 Å². The van der Waals surface area contributed by atoms with Crippen LogP contribution < -0.4 is 0 Å². The molecule has 0 saturated heterocycles. The van der Waals surface area contributed by atoms with E-state index in [1.165, 1.54) is 71.3 Å². The molecule has 2 heterocycles. The summed E-state index contributed by atoms with van der Waals surface area (Å²) in [6.45, 7) is 11.3. The molecule has 1 aliphatic rings. The van der Waals surface area contributed by atoms with Crippen LogP contribution in [0.25, 0.3) is 77.1 Å². The third-order valence-electron chi connectivity index (χ3n) is 11.2. The van der Waals surface area contributed by atoms with Crippen molar-refractivity contribution >= 4 is 32.3 Å². The Bertz CT molecular complexity index is 2880. The second-order valence-electron chi connectivity index (χ2n) is 16.1. The van der Waals surface area contributed by atoms with Crippen molar-refractivity contribution in [3.05, 3.63) is 193 Å². The quantitative estimate of drug-likeness (QED) is 0.130. The van der Waals surface area contributed by atoms with E-state index in [2.05, 4.69) is 191 Å². The van der Waals surface area contributed by atoms with Crippen LogP contribution in [0.3, 0.4) is 0 Å². The van der Waals surface area contributed by atoms with Crippen LogP contribution >= 0.6 is 0 Å². The predicted octanol–water partition coefficient (Wildman–Crippen LogP) is 13.8. The fourth-order valence-corrected chi connectivity index (χ4v) is 8.21. The smallest absolute Gasteiger partial charge is 0.0167 e.